The molecule has 16 heavy (non-hydrogen) atoms. The number of nitrogens with zero attached hydrogens (tertiary/aromatic N) is 2. The highest BCUT2D eigenvalue weighted by molar-refractivity contribution is 5.40. The number of aryl methyl sites for hydroxylation is 1. The smallest absolute Gasteiger partial charge is 0.127 e. The van der Waals surface area contributed by atoms with Gasteiger partial charge < -0.3 is 10.3 Å². The highest BCUT2D eigenvalue weighted by Gasteiger charge is 2.23. The van der Waals surface area contributed by atoms with Gasteiger partial charge in [-0.3, -0.25) is 0 Å². The van der Waals surface area contributed by atoms with Crippen LogP contribution in [0.3, 0.4) is 0 Å². The minimum Gasteiger partial charge on any atom is -0.384 e. The maximum atomic E-state index is 6.08. The van der Waals surface area contributed by atoms with Crippen LogP contribution in [-0.2, 0) is 18.4 Å². The summed E-state index contributed by atoms with van der Waals surface area (Å²) in [4.78, 5) is 4.63. The van der Waals surface area contributed by atoms with E-state index in [2.05, 4.69) is 38.6 Å². The molecule has 1 aromatic heterocycles. The first-order valence-corrected chi connectivity index (χ1v) is 5.70. The lowest BCUT2D eigenvalue weighted by molar-refractivity contribution is 0.516. The van der Waals surface area contributed by atoms with E-state index in [9.17, 15) is 0 Å². The summed E-state index contributed by atoms with van der Waals surface area (Å²) in [6, 6.07) is 0. The quantitative estimate of drug-likeness (QED) is 0.793. The van der Waals surface area contributed by atoms with E-state index in [1.807, 2.05) is 4.57 Å². The highest BCUT2D eigenvalue weighted by atomic mass is 15.1. The zero-order chi connectivity index (χ0) is 12.3. The van der Waals surface area contributed by atoms with Crippen LogP contribution in [0.15, 0.2) is 0 Å². The monoisotopic (exact) mass is 219 g/mol. The van der Waals surface area contributed by atoms with Crippen molar-refractivity contribution in [3.8, 4) is 12.3 Å². The Bertz CT molecular complexity index is 402. The van der Waals surface area contributed by atoms with Crippen LogP contribution in [0.4, 0.5) is 5.82 Å². The second-order valence-corrected chi connectivity index (χ2v) is 5.06. The molecule has 2 N–H and O–H groups in total. The molecule has 0 saturated heterocycles. The van der Waals surface area contributed by atoms with Crippen LogP contribution in [0.5, 0.6) is 0 Å². The Morgan fingerprint density at radius 1 is 1.44 bits per heavy atom. The normalized spacial score (nSPS) is 11.4. The first-order valence-electron chi connectivity index (χ1n) is 5.70. The molecular formula is C13H21N3. The minimum absolute atomic E-state index is 0.0308. The van der Waals surface area contributed by atoms with E-state index in [0.717, 1.165) is 30.2 Å². The van der Waals surface area contributed by atoms with Crippen LogP contribution in [0.1, 0.15) is 45.6 Å². The van der Waals surface area contributed by atoms with Crippen molar-refractivity contribution in [1.82, 2.24) is 9.55 Å². The van der Waals surface area contributed by atoms with E-state index in [-0.39, 0.29) is 5.41 Å². The number of hydrogen-bond donors (Lipinski definition) is 1. The Morgan fingerprint density at radius 3 is 2.50 bits per heavy atom. The van der Waals surface area contributed by atoms with Crippen molar-refractivity contribution in [2.24, 2.45) is 0 Å². The van der Waals surface area contributed by atoms with E-state index in [0.29, 0.717) is 6.54 Å². The topological polar surface area (TPSA) is 43.8 Å². The molecule has 0 aliphatic rings. The van der Waals surface area contributed by atoms with Crippen molar-refractivity contribution in [2.75, 3.05) is 5.73 Å². The third-order valence-corrected chi connectivity index (χ3v) is 2.49. The lowest BCUT2D eigenvalue weighted by atomic mass is 9.95. The molecule has 1 heterocycles. The van der Waals surface area contributed by atoms with Crippen molar-refractivity contribution in [2.45, 2.75) is 52.5 Å². The van der Waals surface area contributed by atoms with E-state index in [4.69, 9.17) is 12.2 Å². The van der Waals surface area contributed by atoms with E-state index in [1.165, 1.54) is 0 Å². The van der Waals surface area contributed by atoms with Gasteiger partial charge in [-0.05, 0) is 6.42 Å². The molecule has 88 valence electrons. The number of rotatable bonds is 3. The lowest BCUT2D eigenvalue weighted by Gasteiger charge is -2.19. The van der Waals surface area contributed by atoms with Crippen LogP contribution in [0.2, 0.25) is 0 Å². The van der Waals surface area contributed by atoms with Crippen LogP contribution in [0, 0.1) is 12.3 Å². The van der Waals surface area contributed by atoms with Gasteiger partial charge in [0.15, 0.2) is 0 Å². The maximum absolute atomic E-state index is 6.08. The summed E-state index contributed by atoms with van der Waals surface area (Å²) in [6.45, 7) is 8.98. The van der Waals surface area contributed by atoms with Gasteiger partial charge in [0.1, 0.15) is 11.6 Å². The van der Waals surface area contributed by atoms with E-state index < -0.39 is 0 Å². The molecule has 0 fully saturated rings. The molecule has 0 bridgehead atoms. The van der Waals surface area contributed by atoms with Crippen molar-refractivity contribution in [1.29, 1.82) is 0 Å². The number of imidazole rings is 1. The average molecular weight is 219 g/mol. The highest BCUT2D eigenvalue weighted by Crippen LogP contribution is 2.26. The van der Waals surface area contributed by atoms with Crippen molar-refractivity contribution in [3.63, 3.8) is 0 Å². The second-order valence-electron chi connectivity index (χ2n) is 5.06. The fourth-order valence-corrected chi connectivity index (χ4v) is 1.76. The summed E-state index contributed by atoms with van der Waals surface area (Å²) in [5.41, 5.74) is 7.02. The molecule has 0 spiro atoms. The van der Waals surface area contributed by atoms with Crippen molar-refractivity contribution in [3.05, 3.63) is 11.5 Å². The van der Waals surface area contributed by atoms with Crippen LogP contribution in [0.25, 0.3) is 0 Å². The fourth-order valence-electron chi connectivity index (χ4n) is 1.76. The summed E-state index contributed by atoms with van der Waals surface area (Å²) in [7, 11) is 0. The Labute approximate surface area is 98.1 Å². The molecule has 3 heteroatoms. The molecule has 1 aromatic rings. The lowest BCUT2D eigenvalue weighted by Crippen LogP contribution is -2.19. The number of nitrogens with two attached hydrogens (primary N) is 1. The molecule has 0 aliphatic carbocycles. The standard InChI is InChI=1S/C13H21N3/c1-6-8-10-11(14)16(9-7-2)12(15-10)13(3,4)5/h2H,6,8-9,14H2,1,3-5H3. The number of hydrogen-bond acceptors (Lipinski definition) is 2. The zero-order valence-corrected chi connectivity index (χ0v) is 10.7. The zero-order valence-electron chi connectivity index (χ0n) is 10.7. The third kappa shape index (κ3) is 2.38. The van der Waals surface area contributed by atoms with Crippen LogP contribution in [-0.4, -0.2) is 9.55 Å². The van der Waals surface area contributed by atoms with Crippen LogP contribution >= 0.6 is 0 Å². The van der Waals surface area contributed by atoms with Gasteiger partial charge in [0.25, 0.3) is 0 Å². The van der Waals surface area contributed by atoms with Gasteiger partial charge >= 0.3 is 0 Å². The number of terminal acetylenes is 1. The molecule has 0 atom stereocenters. The summed E-state index contributed by atoms with van der Waals surface area (Å²) < 4.78 is 1.95. The molecule has 0 saturated carbocycles. The van der Waals surface area contributed by atoms with Gasteiger partial charge in [-0.2, -0.15) is 0 Å². The summed E-state index contributed by atoms with van der Waals surface area (Å²) in [6.07, 6.45) is 7.32. The molecule has 0 radical (unpaired) electrons. The Morgan fingerprint density at radius 2 is 2.06 bits per heavy atom. The first kappa shape index (κ1) is 12.6. The van der Waals surface area contributed by atoms with Gasteiger partial charge in [-0.1, -0.05) is 40.0 Å². The number of nitrogen functional groups attached to an aromatic ring is 1. The molecule has 0 aromatic carbocycles. The summed E-state index contributed by atoms with van der Waals surface area (Å²) in [5.74, 6) is 4.34. The number of anilines is 1. The largest absolute Gasteiger partial charge is 0.384 e. The van der Waals surface area contributed by atoms with Gasteiger partial charge in [0.05, 0.1) is 12.2 Å². The fraction of sp³-hybridized carbons (Fsp3) is 0.615. The van der Waals surface area contributed by atoms with Crippen LogP contribution < -0.4 is 5.73 Å². The molecule has 1 rings (SSSR count). The van der Waals surface area contributed by atoms with Crippen molar-refractivity contribution < 1.29 is 0 Å². The number of aromatic nitrogens is 2. The average Bonchev–Trinajstić information content (AvgIpc) is 2.47. The Balaban J connectivity index is 3.26. The Hall–Kier alpha value is -1.43. The molecular weight excluding hydrogens is 198 g/mol. The van der Waals surface area contributed by atoms with Gasteiger partial charge in [0.2, 0.25) is 0 Å². The predicted molar refractivity (Wildman–Crippen MR) is 68.2 cm³/mol. The maximum Gasteiger partial charge on any atom is 0.127 e. The minimum atomic E-state index is -0.0308. The van der Waals surface area contributed by atoms with Crippen molar-refractivity contribution >= 4 is 5.82 Å². The summed E-state index contributed by atoms with van der Waals surface area (Å²) >= 11 is 0. The predicted octanol–water partition coefficient (Wildman–Crippen LogP) is 2.35. The Kier molecular flexibility index (Phi) is 3.64. The third-order valence-electron chi connectivity index (χ3n) is 2.49. The molecule has 0 aliphatic heterocycles. The van der Waals surface area contributed by atoms with E-state index in [1.54, 1.807) is 0 Å². The van der Waals surface area contributed by atoms with Gasteiger partial charge in [-0.25, -0.2) is 4.98 Å². The van der Waals surface area contributed by atoms with E-state index >= 15 is 0 Å². The van der Waals surface area contributed by atoms with Gasteiger partial charge in [-0.15, -0.1) is 6.42 Å². The second kappa shape index (κ2) is 4.61. The van der Waals surface area contributed by atoms with Gasteiger partial charge in [0, 0.05) is 5.41 Å². The first-order chi connectivity index (χ1) is 7.41. The molecule has 0 amide bonds. The molecule has 0 unspecified atom stereocenters. The molecule has 3 nitrogen and oxygen atoms in total. The SMILES string of the molecule is C#CCn1c(C(C)(C)C)nc(CCC)c1N. The summed E-state index contributed by atoms with van der Waals surface area (Å²) in [5, 5.41) is 0.